The van der Waals surface area contributed by atoms with E-state index in [1.54, 1.807) is 0 Å². The fourth-order valence-electron chi connectivity index (χ4n) is 3.10. The molecule has 1 aromatic heterocycles. The first-order valence-corrected chi connectivity index (χ1v) is 10.3. The zero-order valence-corrected chi connectivity index (χ0v) is 16.1. The largest absolute Gasteiger partial charge is 0.324 e. The highest BCUT2D eigenvalue weighted by molar-refractivity contribution is 7.89. The highest BCUT2D eigenvalue weighted by Crippen LogP contribution is 2.24. The van der Waals surface area contributed by atoms with Crippen LogP contribution in [0.3, 0.4) is 0 Å². The Labute approximate surface area is 162 Å². The number of rotatable bonds is 6. The number of sulfonamides is 1. The van der Waals surface area contributed by atoms with Crippen LogP contribution < -0.4 is 5.32 Å². The van der Waals surface area contributed by atoms with Gasteiger partial charge in [0.2, 0.25) is 15.9 Å². The maximum atomic E-state index is 12.7. The molecule has 0 spiro atoms. The molecule has 0 radical (unpaired) electrons. The number of hydrogen-bond acceptors (Lipinski definition) is 6. The van der Waals surface area contributed by atoms with Gasteiger partial charge in [-0.1, -0.05) is 6.92 Å². The van der Waals surface area contributed by atoms with Crippen molar-refractivity contribution in [1.82, 2.24) is 14.1 Å². The van der Waals surface area contributed by atoms with Gasteiger partial charge in [0.05, 0.1) is 9.82 Å². The van der Waals surface area contributed by atoms with Gasteiger partial charge >= 0.3 is 5.69 Å². The molecule has 1 saturated heterocycles. The molecule has 1 aromatic carbocycles. The number of benzene rings is 1. The Morgan fingerprint density at radius 3 is 2.68 bits per heavy atom. The lowest BCUT2D eigenvalue weighted by molar-refractivity contribution is -0.385. The van der Waals surface area contributed by atoms with E-state index >= 15 is 0 Å². The average molecular weight is 407 g/mol. The maximum Gasteiger partial charge on any atom is 0.307 e. The van der Waals surface area contributed by atoms with Crippen molar-refractivity contribution in [2.45, 2.75) is 31.2 Å². The van der Waals surface area contributed by atoms with Gasteiger partial charge < -0.3 is 5.32 Å². The van der Waals surface area contributed by atoms with E-state index in [1.165, 1.54) is 28.6 Å². The summed E-state index contributed by atoms with van der Waals surface area (Å²) in [5, 5.41) is 17.0. The molecule has 3 rings (SSSR count). The summed E-state index contributed by atoms with van der Waals surface area (Å²) < 4.78 is 28.1. The summed E-state index contributed by atoms with van der Waals surface area (Å²) in [7, 11) is -3.55. The van der Waals surface area contributed by atoms with Crippen LogP contribution >= 0.6 is 0 Å². The predicted octanol–water partition coefficient (Wildman–Crippen LogP) is 1.85. The fraction of sp³-hybridized carbons (Fsp3) is 0.412. The maximum absolute atomic E-state index is 12.7. The molecule has 0 unspecified atom stereocenters. The second-order valence-corrected chi connectivity index (χ2v) is 8.77. The summed E-state index contributed by atoms with van der Waals surface area (Å²) in [6.45, 7) is 2.87. The van der Waals surface area contributed by atoms with E-state index in [0.29, 0.717) is 24.7 Å². The summed E-state index contributed by atoms with van der Waals surface area (Å²) in [6.07, 6.45) is 4.10. The molecule has 2 aromatic rings. The number of carbonyl (C=O) groups is 1. The molecule has 1 aliphatic rings. The van der Waals surface area contributed by atoms with Gasteiger partial charge in [0, 0.05) is 18.8 Å². The van der Waals surface area contributed by atoms with Crippen molar-refractivity contribution in [3.8, 4) is 0 Å². The lowest BCUT2D eigenvalue weighted by Gasteiger charge is -2.30. The quantitative estimate of drug-likeness (QED) is 0.575. The van der Waals surface area contributed by atoms with Crippen LogP contribution in [0.1, 0.15) is 19.8 Å². The molecule has 1 amide bonds. The molecule has 1 atom stereocenters. The number of amides is 1. The molecule has 0 bridgehead atoms. The minimum absolute atomic E-state index is 0.183. The van der Waals surface area contributed by atoms with Crippen LogP contribution in [0.5, 0.6) is 0 Å². The molecule has 10 nitrogen and oxygen atoms in total. The lowest BCUT2D eigenvalue weighted by atomic mass is 10.0. The molecule has 1 fully saturated rings. The second kappa shape index (κ2) is 8.07. The van der Waals surface area contributed by atoms with Crippen LogP contribution in [0.25, 0.3) is 0 Å². The number of nitrogens with zero attached hydrogens (tertiary/aromatic N) is 4. The Hall–Kier alpha value is -2.79. The number of hydrogen-bond donors (Lipinski definition) is 1. The summed E-state index contributed by atoms with van der Waals surface area (Å²) >= 11 is 0. The third-order valence-corrected chi connectivity index (χ3v) is 6.41. The van der Waals surface area contributed by atoms with Crippen molar-refractivity contribution < 1.29 is 18.1 Å². The van der Waals surface area contributed by atoms with Crippen LogP contribution in [0, 0.1) is 16.0 Å². The fourth-order valence-corrected chi connectivity index (χ4v) is 4.70. The first-order chi connectivity index (χ1) is 13.3. The standard InChI is InChI=1S/C17H21N5O5S/c1-13-3-2-8-21(10-13)28(26,27)16-6-4-14(5-7-16)19-17(23)12-20-11-15(9-18-20)22(24)25/h4-7,9,11,13H,2-3,8,10,12H2,1H3,(H,19,23)/t13-/m1/s1. The second-order valence-electron chi connectivity index (χ2n) is 6.84. The molecular formula is C17H21N5O5S. The molecule has 1 N–H and O–H groups in total. The Kier molecular flexibility index (Phi) is 5.75. The van der Waals surface area contributed by atoms with Gasteiger partial charge in [-0.2, -0.15) is 9.40 Å². The van der Waals surface area contributed by atoms with Crippen molar-refractivity contribution in [3.05, 3.63) is 46.8 Å². The van der Waals surface area contributed by atoms with Gasteiger partial charge in [-0.3, -0.25) is 19.6 Å². The first kappa shape index (κ1) is 20.0. The van der Waals surface area contributed by atoms with Gasteiger partial charge in [-0.05, 0) is 43.0 Å². The monoisotopic (exact) mass is 407 g/mol. The highest BCUT2D eigenvalue weighted by atomic mass is 32.2. The Morgan fingerprint density at radius 2 is 2.07 bits per heavy atom. The average Bonchev–Trinajstić information content (AvgIpc) is 3.11. The SMILES string of the molecule is C[C@@H]1CCCN(S(=O)(=O)c2ccc(NC(=O)Cn3cc([N+](=O)[O-])cn3)cc2)C1. The third kappa shape index (κ3) is 4.54. The molecule has 150 valence electrons. The summed E-state index contributed by atoms with van der Waals surface area (Å²) in [6, 6.07) is 5.96. The van der Waals surface area contributed by atoms with Crippen LogP contribution in [-0.2, 0) is 21.4 Å². The molecular weight excluding hydrogens is 386 g/mol. The minimum atomic E-state index is -3.55. The minimum Gasteiger partial charge on any atom is -0.324 e. The number of nitro groups is 1. The van der Waals surface area contributed by atoms with Gasteiger partial charge in [0.25, 0.3) is 0 Å². The van der Waals surface area contributed by atoms with Crippen molar-refractivity contribution in [3.63, 3.8) is 0 Å². The van der Waals surface area contributed by atoms with E-state index in [4.69, 9.17) is 0 Å². The third-order valence-electron chi connectivity index (χ3n) is 4.53. The number of carbonyl (C=O) groups excluding carboxylic acids is 1. The van der Waals surface area contributed by atoms with E-state index in [2.05, 4.69) is 10.4 Å². The summed E-state index contributed by atoms with van der Waals surface area (Å²) in [4.78, 5) is 22.3. The van der Waals surface area contributed by atoms with Crippen molar-refractivity contribution in [2.75, 3.05) is 18.4 Å². The van der Waals surface area contributed by atoms with Gasteiger partial charge in [-0.25, -0.2) is 8.42 Å². The zero-order valence-electron chi connectivity index (χ0n) is 15.3. The van der Waals surface area contributed by atoms with Crippen molar-refractivity contribution >= 4 is 27.3 Å². The van der Waals surface area contributed by atoms with Crippen molar-refractivity contribution in [2.24, 2.45) is 5.92 Å². The summed E-state index contributed by atoms with van der Waals surface area (Å²) in [5.74, 6) is -0.0985. The van der Waals surface area contributed by atoms with Crippen LogP contribution in [0.2, 0.25) is 0 Å². The van der Waals surface area contributed by atoms with Crippen LogP contribution in [0.15, 0.2) is 41.6 Å². The number of anilines is 1. The van der Waals surface area contributed by atoms with Gasteiger partial charge in [0.1, 0.15) is 18.9 Å². The predicted molar refractivity (Wildman–Crippen MR) is 101 cm³/mol. The normalized spacial score (nSPS) is 18.0. The van der Waals surface area contributed by atoms with E-state index in [-0.39, 0.29) is 17.1 Å². The number of aromatic nitrogens is 2. The van der Waals surface area contributed by atoms with Gasteiger partial charge in [0.15, 0.2) is 0 Å². The molecule has 0 aliphatic carbocycles. The highest BCUT2D eigenvalue weighted by Gasteiger charge is 2.28. The van der Waals surface area contributed by atoms with Crippen molar-refractivity contribution in [1.29, 1.82) is 0 Å². The van der Waals surface area contributed by atoms with E-state index in [1.807, 2.05) is 6.92 Å². The van der Waals surface area contributed by atoms with Crippen LogP contribution in [-0.4, -0.2) is 46.4 Å². The molecule has 28 heavy (non-hydrogen) atoms. The first-order valence-electron chi connectivity index (χ1n) is 8.82. The van der Waals surface area contributed by atoms with Gasteiger partial charge in [-0.15, -0.1) is 0 Å². The van der Waals surface area contributed by atoms with E-state index < -0.39 is 20.9 Å². The lowest BCUT2D eigenvalue weighted by Crippen LogP contribution is -2.39. The Bertz CT molecular complexity index is 970. The molecule has 11 heteroatoms. The van der Waals surface area contributed by atoms with Crippen LogP contribution in [0.4, 0.5) is 11.4 Å². The molecule has 0 saturated carbocycles. The Morgan fingerprint density at radius 1 is 1.36 bits per heavy atom. The topological polar surface area (TPSA) is 127 Å². The Balaban J connectivity index is 1.63. The zero-order chi connectivity index (χ0) is 20.3. The molecule has 2 heterocycles. The summed E-state index contributed by atoms with van der Waals surface area (Å²) in [5.41, 5.74) is 0.229. The van der Waals surface area contributed by atoms with E-state index in [0.717, 1.165) is 29.9 Å². The smallest absolute Gasteiger partial charge is 0.307 e. The van der Waals surface area contributed by atoms with E-state index in [9.17, 15) is 23.3 Å². The number of piperidine rings is 1. The number of nitrogens with one attached hydrogen (secondary N) is 1. The molecule has 1 aliphatic heterocycles.